The van der Waals surface area contributed by atoms with E-state index in [-0.39, 0.29) is 6.04 Å². The third-order valence-electron chi connectivity index (χ3n) is 4.74. The van der Waals surface area contributed by atoms with Crippen LogP contribution in [0, 0.1) is 0 Å². The Bertz CT molecular complexity index is 886. The normalized spacial score (nSPS) is 17.1. The van der Waals surface area contributed by atoms with Gasteiger partial charge in [-0.1, -0.05) is 11.2 Å². The summed E-state index contributed by atoms with van der Waals surface area (Å²) >= 11 is 0. The van der Waals surface area contributed by atoms with Crippen LogP contribution in [0.4, 0.5) is 0 Å². The van der Waals surface area contributed by atoms with E-state index >= 15 is 0 Å². The fourth-order valence-electron chi connectivity index (χ4n) is 3.40. The van der Waals surface area contributed by atoms with Crippen LogP contribution in [0.2, 0.25) is 0 Å². The maximum absolute atomic E-state index is 5.69. The topological polar surface area (TPSA) is 86.4 Å². The van der Waals surface area contributed by atoms with Crippen LogP contribution in [0.3, 0.4) is 0 Å². The first-order valence-electron chi connectivity index (χ1n) is 9.39. The SMILES string of the molecule is COCCOc1ncccc1-c1noc([C@H]2CCCN2Cc2cccnc2)n1. The highest BCUT2D eigenvalue weighted by atomic mass is 16.5. The van der Waals surface area contributed by atoms with Gasteiger partial charge in [0.15, 0.2) is 0 Å². The van der Waals surface area contributed by atoms with Crippen LogP contribution in [0.1, 0.15) is 30.3 Å². The standard InChI is InChI=1S/C20H23N5O3/c1-26-11-12-27-19-16(6-3-9-22-19)18-23-20(28-24-18)17-7-4-10-25(17)14-15-5-2-8-21-13-15/h2-3,5-6,8-9,13,17H,4,7,10-12,14H2,1H3/t17-/m1/s1. The molecular weight excluding hydrogens is 358 g/mol. The predicted molar refractivity (Wildman–Crippen MR) is 102 cm³/mol. The molecule has 1 atom stereocenters. The van der Waals surface area contributed by atoms with E-state index in [4.69, 9.17) is 14.0 Å². The zero-order chi connectivity index (χ0) is 19.2. The molecule has 0 amide bonds. The fraction of sp³-hybridized carbons (Fsp3) is 0.400. The van der Waals surface area contributed by atoms with Gasteiger partial charge in [0.2, 0.25) is 17.6 Å². The van der Waals surface area contributed by atoms with Crippen molar-refractivity contribution in [3.8, 4) is 17.3 Å². The Morgan fingerprint density at radius 3 is 3.00 bits per heavy atom. The molecule has 1 aliphatic rings. The first-order valence-corrected chi connectivity index (χ1v) is 9.39. The molecule has 0 bridgehead atoms. The molecule has 28 heavy (non-hydrogen) atoms. The first-order chi connectivity index (χ1) is 13.8. The summed E-state index contributed by atoms with van der Waals surface area (Å²) < 4.78 is 16.3. The molecule has 0 saturated carbocycles. The zero-order valence-corrected chi connectivity index (χ0v) is 15.8. The minimum Gasteiger partial charge on any atom is -0.475 e. The second kappa shape index (κ2) is 8.90. The van der Waals surface area contributed by atoms with Gasteiger partial charge in [-0.15, -0.1) is 0 Å². The summed E-state index contributed by atoms with van der Waals surface area (Å²) in [5, 5.41) is 4.19. The maximum Gasteiger partial charge on any atom is 0.244 e. The molecule has 146 valence electrons. The van der Waals surface area contributed by atoms with E-state index in [9.17, 15) is 0 Å². The van der Waals surface area contributed by atoms with Gasteiger partial charge in [0.05, 0.1) is 18.2 Å². The molecular formula is C20H23N5O3. The fourth-order valence-corrected chi connectivity index (χ4v) is 3.40. The van der Waals surface area contributed by atoms with E-state index in [1.165, 1.54) is 5.56 Å². The van der Waals surface area contributed by atoms with Crippen LogP contribution in [0.15, 0.2) is 47.4 Å². The Hall–Kier alpha value is -2.84. The molecule has 1 saturated heterocycles. The molecule has 0 radical (unpaired) electrons. The molecule has 0 N–H and O–H groups in total. The van der Waals surface area contributed by atoms with Gasteiger partial charge in [0.1, 0.15) is 6.61 Å². The van der Waals surface area contributed by atoms with Crippen molar-refractivity contribution in [3.05, 3.63) is 54.3 Å². The lowest BCUT2D eigenvalue weighted by Gasteiger charge is -2.21. The number of nitrogens with zero attached hydrogens (tertiary/aromatic N) is 5. The van der Waals surface area contributed by atoms with E-state index in [0.29, 0.717) is 36.4 Å². The summed E-state index contributed by atoms with van der Waals surface area (Å²) in [5.41, 5.74) is 1.89. The number of likely N-dealkylation sites (tertiary alicyclic amines) is 1. The predicted octanol–water partition coefficient (Wildman–Crippen LogP) is 2.89. The lowest BCUT2D eigenvalue weighted by atomic mass is 10.2. The van der Waals surface area contributed by atoms with Crippen molar-refractivity contribution in [2.45, 2.75) is 25.4 Å². The molecule has 1 fully saturated rings. The van der Waals surface area contributed by atoms with Gasteiger partial charge in [-0.25, -0.2) is 4.98 Å². The lowest BCUT2D eigenvalue weighted by Crippen LogP contribution is -2.23. The molecule has 8 nitrogen and oxygen atoms in total. The van der Waals surface area contributed by atoms with Crippen molar-refractivity contribution in [2.24, 2.45) is 0 Å². The Balaban J connectivity index is 1.51. The summed E-state index contributed by atoms with van der Waals surface area (Å²) in [6, 6.07) is 7.86. The number of methoxy groups -OCH3 is 1. The van der Waals surface area contributed by atoms with Crippen molar-refractivity contribution in [1.29, 1.82) is 0 Å². The Labute approximate surface area is 163 Å². The van der Waals surface area contributed by atoms with E-state index in [2.05, 4.69) is 31.1 Å². The van der Waals surface area contributed by atoms with Crippen LogP contribution in [-0.2, 0) is 11.3 Å². The molecule has 3 aromatic heterocycles. The van der Waals surface area contributed by atoms with E-state index < -0.39 is 0 Å². The number of hydrogen-bond donors (Lipinski definition) is 0. The highest BCUT2D eigenvalue weighted by Gasteiger charge is 2.31. The summed E-state index contributed by atoms with van der Waals surface area (Å²) in [4.78, 5) is 15.5. The zero-order valence-electron chi connectivity index (χ0n) is 15.8. The second-order valence-electron chi connectivity index (χ2n) is 6.64. The Morgan fingerprint density at radius 1 is 1.21 bits per heavy atom. The summed E-state index contributed by atoms with van der Waals surface area (Å²) in [6.07, 6.45) is 7.45. The van der Waals surface area contributed by atoms with Gasteiger partial charge in [-0.3, -0.25) is 9.88 Å². The van der Waals surface area contributed by atoms with Crippen LogP contribution in [0.5, 0.6) is 5.88 Å². The number of aromatic nitrogens is 4. The average molecular weight is 381 g/mol. The molecule has 0 unspecified atom stereocenters. The smallest absolute Gasteiger partial charge is 0.244 e. The monoisotopic (exact) mass is 381 g/mol. The van der Waals surface area contributed by atoms with E-state index in [1.807, 2.05) is 24.4 Å². The van der Waals surface area contributed by atoms with E-state index in [1.54, 1.807) is 19.5 Å². The molecule has 8 heteroatoms. The Morgan fingerprint density at radius 2 is 2.14 bits per heavy atom. The van der Waals surface area contributed by atoms with Gasteiger partial charge in [0.25, 0.3) is 0 Å². The summed E-state index contributed by atoms with van der Waals surface area (Å²) in [7, 11) is 1.63. The molecule has 3 aromatic rings. The molecule has 0 spiro atoms. The maximum atomic E-state index is 5.69. The van der Waals surface area contributed by atoms with Crippen LogP contribution < -0.4 is 4.74 Å². The number of pyridine rings is 2. The molecule has 4 heterocycles. The van der Waals surface area contributed by atoms with Crippen LogP contribution in [0.25, 0.3) is 11.4 Å². The highest BCUT2D eigenvalue weighted by Crippen LogP contribution is 2.34. The van der Waals surface area contributed by atoms with Gasteiger partial charge in [0, 0.05) is 32.2 Å². The van der Waals surface area contributed by atoms with E-state index in [0.717, 1.165) is 25.9 Å². The van der Waals surface area contributed by atoms with Crippen molar-refractivity contribution in [2.75, 3.05) is 26.9 Å². The minimum absolute atomic E-state index is 0.107. The van der Waals surface area contributed by atoms with Gasteiger partial charge < -0.3 is 14.0 Å². The quantitative estimate of drug-likeness (QED) is 0.551. The van der Waals surface area contributed by atoms with Crippen molar-refractivity contribution >= 4 is 0 Å². The molecule has 4 rings (SSSR count). The molecule has 0 aliphatic carbocycles. The van der Waals surface area contributed by atoms with Crippen LogP contribution in [-0.4, -0.2) is 51.9 Å². The van der Waals surface area contributed by atoms with Gasteiger partial charge >= 0.3 is 0 Å². The Kier molecular flexibility index (Phi) is 5.89. The lowest BCUT2D eigenvalue weighted by molar-refractivity contribution is 0.144. The minimum atomic E-state index is 0.107. The van der Waals surface area contributed by atoms with Crippen molar-refractivity contribution < 1.29 is 14.0 Å². The largest absolute Gasteiger partial charge is 0.475 e. The molecule has 1 aliphatic heterocycles. The summed E-state index contributed by atoms with van der Waals surface area (Å²) in [5.74, 6) is 1.59. The van der Waals surface area contributed by atoms with Crippen LogP contribution >= 0.6 is 0 Å². The number of hydrogen-bond acceptors (Lipinski definition) is 8. The average Bonchev–Trinajstić information content (AvgIpc) is 3.39. The van der Waals surface area contributed by atoms with Gasteiger partial charge in [-0.2, -0.15) is 4.98 Å². The third kappa shape index (κ3) is 4.18. The number of rotatable bonds is 8. The first kappa shape index (κ1) is 18.5. The third-order valence-corrected chi connectivity index (χ3v) is 4.74. The van der Waals surface area contributed by atoms with Crippen molar-refractivity contribution in [3.63, 3.8) is 0 Å². The summed E-state index contributed by atoms with van der Waals surface area (Å²) in [6.45, 7) is 2.70. The van der Waals surface area contributed by atoms with Crippen molar-refractivity contribution in [1.82, 2.24) is 25.0 Å². The van der Waals surface area contributed by atoms with Gasteiger partial charge in [-0.05, 0) is 43.1 Å². The molecule has 0 aromatic carbocycles. The number of ether oxygens (including phenoxy) is 2. The second-order valence-corrected chi connectivity index (χ2v) is 6.64. The highest BCUT2D eigenvalue weighted by molar-refractivity contribution is 5.60.